The van der Waals surface area contributed by atoms with E-state index >= 15 is 0 Å². The Labute approximate surface area is 157 Å². The number of hydrogen-bond donors (Lipinski definition) is 2. The fraction of sp³-hybridized carbons (Fsp3) is 0.211. The summed E-state index contributed by atoms with van der Waals surface area (Å²) in [6, 6.07) is 13.6. The van der Waals surface area contributed by atoms with Gasteiger partial charge in [0.05, 0.1) is 6.54 Å². The number of nitrogens with zero attached hydrogens (tertiary/aromatic N) is 4. The Balaban J connectivity index is 1.65. The standard InChI is InChI=1S/C19H21ClN6/c1-2-21-19(23-13-15-5-3-6-17(20)11-15)24-14-16-7-9-22-18(12-16)26-10-4-8-25-26/h3-12H,2,13-14H2,1H3,(H2,21,23,24). The summed E-state index contributed by atoms with van der Waals surface area (Å²) >= 11 is 6.03. The molecular formula is C19H21ClN6. The van der Waals surface area contributed by atoms with Crippen LogP contribution >= 0.6 is 11.6 Å². The Morgan fingerprint density at radius 1 is 1.12 bits per heavy atom. The van der Waals surface area contributed by atoms with Crippen LogP contribution in [-0.2, 0) is 13.1 Å². The number of guanidine groups is 1. The van der Waals surface area contributed by atoms with E-state index in [-0.39, 0.29) is 0 Å². The Morgan fingerprint density at radius 3 is 2.81 bits per heavy atom. The summed E-state index contributed by atoms with van der Waals surface area (Å²) in [7, 11) is 0. The van der Waals surface area contributed by atoms with Gasteiger partial charge in [-0.15, -0.1) is 0 Å². The summed E-state index contributed by atoms with van der Waals surface area (Å²) in [5, 5.41) is 11.5. The minimum Gasteiger partial charge on any atom is -0.357 e. The second-order valence-electron chi connectivity index (χ2n) is 5.65. The van der Waals surface area contributed by atoms with Crippen LogP contribution in [0.3, 0.4) is 0 Å². The zero-order valence-electron chi connectivity index (χ0n) is 14.6. The maximum atomic E-state index is 6.03. The van der Waals surface area contributed by atoms with Crippen LogP contribution < -0.4 is 10.6 Å². The molecular weight excluding hydrogens is 348 g/mol. The Hall–Kier alpha value is -2.86. The third-order valence-electron chi connectivity index (χ3n) is 3.66. The molecule has 3 rings (SSSR count). The van der Waals surface area contributed by atoms with Gasteiger partial charge >= 0.3 is 0 Å². The average molecular weight is 369 g/mol. The molecule has 134 valence electrons. The number of benzene rings is 1. The summed E-state index contributed by atoms with van der Waals surface area (Å²) in [5.41, 5.74) is 2.17. The van der Waals surface area contributed by atoms with Crippen molar-refractivity contribution >= 4 is 17.6 Å². The molecule has 2 heterocycles. The number of rotatable bonds is 6. The molecule has 6 nitrogen and oxygen atoms in total. The second kappa shape index (κ2) is 9.01. The van der Waals surface area contributed by atoms with Gasteiger partial charge in [0.15, 0.2) is 11.8 Å². The monoisotopic (exact) mass is 368 g/mol. The van der Waals surface area contributed by atoms with Crippen molar-refractivity contribution in [1.82, 2.24) is 25.4 Å². The molecule has 2 aromatic heterocycles. The highest BCUT2D eigenvalue weighted by atomic mass is 35.5. The van der Waals surface area contributed by atoms with Crippen LogP contribution in [0.5, 0.6) is 0 Å². The molecule has 0 unspecified atom stereocenters. The van der Waals surface area contributed by atoms with Gasteiger partial charge in [0.1, 0.15) is 0 Å². The van der Waals surface area contributed by atoms with Crippen LogP contribution in [-0.4, -0.2) is 27.3 Å². The SMILES string of the molecule is CCNC(=NCc1cccc(Cl)c1)NCc1ccnc(-n2cccn2)c1. The molecule has 0 radical (unpaired) electrons. The molecule has 1 aromatic carbocycles. The minimum atomic E-state index is 0.560. The molecule has 3 aromatic rings. The smallest absolute Gasteiger partial charge is 0.191 e. The largest absolute Gasteiger partial charge is 0.357 e. The molecule has 0 aliphatic rings. The quantitative estimate of drug-likeness (QED) is 0.518. The lowest BCUT2D eigenvalue weighted by Crippen LogP contribution is -2.36. The first-order chi connectivity index (χ1) is 12.7. The number of pyridine rings is 1. The van der Waals surface area contributed by atoms with E-state index in [4.69, 9.17) is 11.6 Å². The van der Waals surface area contributed by atoms with Crippen LogP contribution in [0.25, 0.3) is 5.82 Å². The molecule has 7 heteroatoms. The molecule has 0 atom stereocenters. The van der Waals surface area contributed by atoms with Crippen molar-refractivity contribution in [1.29, 1.82) is 0 Å². The molecule has 0 spiro atoms. The van der Waals surface area contributed by atoms with Gasteiger partial charge in [-0.1, -0.05) is 23.7 Å². The van der Waals surface area contributed by atoms with Crippen molar-refractivity contribution in [2.24, 2.45) is 4.99 Å². The van der Waals surface area contributed by atoms with E-state index in [0.717, 1.165) is 34.5 Å². The van der Waals surface area contributed by atoms with E-state index in [1.807, 2.05) is 55.6 Å². The van der Waals surface area contributed by atoms with Crippen molar-refractivity contribution in [3.63, 3.8) is 0 Å². The van der Waals surface area contributed by atoms with Gasteiger partial charge in [-0.25, -0.2) is 14.7 Å². The fourth-order valence-corrected chi connectivity index (χ4v) is 2.65. The predicted molar refractivity (Wildman–Crippen MR) is 104 cm³/mol. The van der Waals surface area contributed by atoms with Crippen molar-refractivity contribution in [3.05, 3.63) is 77.2 Å². The molecule has 2 N–H and O–H groups in total. The Bertz CT molecular complexity index is 860. The molecule has 0 aliphatic heterocycles. The highest BCUT2D eigenvalue weighted by Crippen LogP contribution is 2.11. The lowest BCUT2D eigenvalue weighted by molar-refractivity contribution is 0.805. The number of hydrogen-bond acceptors (Lipinski definition) is 3. The lowest BCUT2D eigenvalue weighted by Gasteiger charge is -2.12. The third kappa shape index (κ3) is 5.07. The molecule has 0 aliphatic carbocycles. The van der Waals surface area contributed by atoms with E-state index in [1.165, 1.54) is 0 Å². The number of nitrogens with one attached hydrogen (secondary N) is 2. The molecule has 0 fully saturated rings. The van der Waals surface area contributed by atoms with E-state index in [0.29, 0.717) is 13.1 Å². The van der Waals surface area contributed by atoms with Crippen molar-refractivity contribution in [2.75, 3.05) is 6.54 Å². The van der Waals surface area contributed by atoms with Gasteiger partial charge < -0.3 is 10.6 Å². The highest BCUT2D eigenvalue weighted by molar-refractivity contribution is 6.30. The van der Waals surface area contributed by atoms with Crippen LogP contribution in [0.1, 0.15) is 18.1 Å². The number of aromatic nitrogens is 3. The summed E-state index contributed by atoms with van der Waals surface area (Å²) in [5.74, 6) is 1.54. The first kappa shape index (κ1) is 17.9. The zero-order valence-corrected chi connectivity index (χ0v) is 15.3. The summed E-state index contributed by atoms with van der Waals surface area (Å²) < 4.78 is 1.74. The zero-order chi connectivity index (χ0) is 18.2. The average Bonchev–Trinajstić information content (AvgIpc) is 3.19. The predicted octanol–water partition coefficient (Wildman–Crippen LogP) is 3.18. The van der Waals surface area contributed by atoms with Crippen molar-refractivity contribution in [2.45, 2.75) is 20.0 Å². The summed E-state index contributed by atoms with van der Waals surface area (Å²) in [6.45, 7) is 4.03. The Morgan fingerprint density at radius 2 is 2.04 bits per heavy atom. The van der Waals surface area contributed by atoms with E-state index < -0.39 is 0 Å². The van der Waals surface area contributed by atoms with Gasteiger partial charge in [-0.2, -0.15) is 5.10 Å². The first-order valence-corrected chi connectivity index (χ1v) is 8.84. The van der Waals surface area contributed by atoms with Crippen molar-refractivity contribution in [3.8, 4) is 5.82 Å². The Kier molecular flexibility index (Phi) is 6.22. The minimum absolute atomic E-state index is 0.560. The molecule has 0 saturated heterocycles. The van der Waals surface area contributed by atoms with Crippen LogP contribution in [0.2, 0.25) is 5.02 Å². The molecule has 0 saturated carbocycles. The van der Waals surface area contributed by atoms with Gasteiger partial charge in [-0.05, 0) is 48.4 Å². The maximum absolute atomic E-state index is 6.03. The fourth-order valence-electron chi connectivity index (χ4n) is 2.43. The number of aliphatic imine (C=N–C) groups is 1. The second-order valence-corrected chi connectivity index (χ2v) is 6.09. The van der Waals surface area contributed by atoms with Crippen LogP contribution in [0, 0.1) is 0 Å². The lowest BCUT2D eigenvalue weighted by atomic mass is 10.2. The van der Waals surface area contributed by atoms with Gasteiger partial charge in [-0.3, -0.25) is 0 Å². The molecule has 0 bridgehead atoms. The van der Waals surface area contributed by atoms with E-state index in [2.05, 4.69) is 25.7 Å². The maximum Gasteiger partial charge on any atom is 0.191 e. The number of halogens is 1. The van der Waals surface area contributed by atoms with Crippen molar-refractivity contribution < 1.29 is 0 Å². The summed E-state index contributed by atoms with van der Waals surface area (Å²) in [6.07, 6.45) is 5.39. The highest BCUT2D eigenvalue weighted by Gasteiger charge is 2.02. The first-order valence-electron chi connectivity index (χ1n) is 8.46. The molecule has 0 amide bonds. The summed E-state index contributed by atoms with van der Waals surface area (Å²) in [4.78, 5) is 8.96. The van der Waals surface area contributed by atoms with Crippen LogP contribution in [0.4, 0.5) is 0 Å². The van der Waals surface area contributed by atoms with Gasteiger partial charge in [0, 0.05) is 36.7 Å². The third-order valence-corrected chi connectivity index (χ3v) is 3.90. The van der Waals surface area contributed by atoms with Crippen LogP contribution in [0.15, 0.2) is 66.0 Å². The van der Waals surface area contributed by atoms with Gasteiger partial charge in [0.2, 0.25) is 0 Å². The van der Waals surface area contributed by atoms with E-state index in [9.17, 15) is 0 Å². The topological polar surface area (TPSA) is 67.1 Å². The van der Waals surface area contributed by atoms with E-state index in [1.54, 1.807) is 17.1 Å². The molecule has 26 heavy (non-hydrogen) atoms. The normalized spacial score (nSPS) is 11.4. The van der Waals surface area contributed by atoms with Gasteiger partial charge in [0.25, 0.3) is 0 Å².